The maximum Gasteiger partial charge on any atom is 0.306 e. The molecule has 0 rings (SSSR count). The Morgan fingerprint density at radius 2 is 0.478 bits per heavy atom. The predicted octanol–water partition coefficient (Wildman–Crippen LogP) is 20.9. The molecule has 0 amide bonds. The molecule has 0 N–H and O–H groups in total. The van der Waals surface area contributed by atoms with Crippen molar-refractivity contribution in [3.63, 3.8) is 0 Å². The van der Waals surface area contributed by atoms with Crippen LogP contribution in [-0.4, -0.2) is 37.2 Å². The molecule has 0 radical (unpaired) electrons. The van der Waals surface area contributed by atoms with Crippen LogP contribution in [0, 0.1) is 0 Å². The molecule has 0 fully saturated rings. The van der Waals surface area contributed by atoms with E-state index in [1.165, 1.54) is 257 Å². The van der Waals surface area contributed by atoms with Crippen molar-refractivity contribution in [3.8, 4) is 0 Å². The van der Waals surface area contributed by atoms with Crippen LogP contribution < -0.4 is 0 Å². The van der Waals surface area contributed by atoms with Gasteiger partial charge in [-0.2, -0.15) is 0 Å². The van der Waals surface area contributed by atoms with Crippen molar-refractivity contribution in [3.05, 3.63) is 12.2 Å². The molecule has 0 heterocycles. The van der Waals surface area contributed by atoms with Gasteiger partial charge in [0, 0.05) is 19.3 Å². The third-order valence-corrected chi connectivity index (χ3v) is 14.3. The van der Waals surface area contributed by atoms with E-state index in [-0.39, 0.29) is 31.1 Å². The summed E-state index contributed by atoms with van der Waals surface area (Å²) >= 11 is 0. The summed E-state index contributed by atoms with van der Waals surface area (Å²) in [6, 6.07) is 0. The minimum Gasteiger partial charge on any atom is -0.462 e. The van der Waals surface area contributed by atoms with E-state index < -0.39 is 6.10 Å². The Labute approximate surface area is 431 Å². The zero-order chi connectivity index (χ0) is 50.0. The summed E-state index contributed by atoms with van der Waals surface area (Å²) in [7, 11) is 0. The van der Waals surface area contributed by atoms with Crippen LogP contribution in [0.3, 0.4) is 0 Å². The lowest BCUT2D eigenvalue weighted by Gasteiger charge is -2.18. The van der Waals surface area contributed by atoms with Gasteiger partial charge in [0.25, 0.3) is 0 Å². The number of ether oxygens (including phenoxy) is 3. The van der Waals surface area contributed by atoms with Crippen LogP contribution in [0.1, 0.15) is 355 Å². The number of hydrogen-bond donors (Lipinski definition) is 0. The average Bonchev–Trinajstić information content (AvgIpc) is 3.35. The highest BCUT2D eigenvalue weighted by atomic mass is 16.6. The number of carbonyl (C=O) groups is 3. The second-order valence-corrected chi connectivity index (χ2v) is 21.3. The fraction of sp³-hybridized carbons (Fsp3) is 0.921. The number of hydrogen-bond acceptors (Lipinski definition) is 6. The highest BCUT2D eigenvalue weighted by Crippen LogP contribution is 2.18. The van der Waals surface area contributed by atoms with Crippen LogP contribution in [0.15, 0.2) is 12.2 Å². The average molecular weight is 974 g/mol. The largest absolute Gasteiger partial charge is 0.462 e. The monoisotopic (exact) mass is 973 g/mol. The molecule has 69 heavy (non-hydrogen) atoms. The fourth-order valence-electron chi connectivity index (χ4n) is 9.56. The SMILES string of the molecule is CCCCCCCC/C=C\CCCCCCCCCCCC(=O)OCC(COC(=O)CCCCCCCCCCCCCCC)OC(=O)CCCCCCCCCCCCCCCCCCCCC. The Bertz CT molecular complexity index is 1070. The summed E-state index contributed by atoms with van der Waals surface area (Å²) in [6.45, 7) is 6.70. The molecule has 0 aliphatic rings. The minimum absolute atomic E-state index is 0.0640. The predicted molar refractivity (Wildman–Crippen MR) is 298 cm³/mol. The Morgan fingerprint density at radius 1 is 0.275 bits per heavy atom. The van der Waals surface area contributed by atoms with E-state index >= 15 is 0 Å². The lowest BCUT2D eigenvalue weighted by molar-refractivity contribution is -0.167. The molecule has 0 saturated heterocycles. The maximum atomic E-state index is 12.9. The quantitative estimate of drug-likeness (QED) is 0.0261. The van der Waals surface area contributed by atoms with Crippen molar-refractivity contribution in [2.45, 2.75) is 361 Å². The van der Waals surface area contributed by atoms with Gasteiger partial charge in [0.1, 0.15) is 13.2 Å². The zero-order valence-corrected chi connectivity index (χ0v) is 46.9. The smallest absolute Gasteiger partial charge is 0.306 e. The summed E-state index contributed by atoms with van der Waals surface area (Å²) in [5.74, 6) is -0.837. The fourth-order valence-corrected chi connectivity index (χ4v) is 9.56. The first-order valence-electron chi connectivity index (χ1n) is 31.2. The molecule has 0 aromatic heterocycles. The third kappa shape index (κ3) is 56.9. The lowest BCUT2D eigenvalue weighted by Crippen LogP contribution is -2.30. The Balaban J connectivity index is 4.28. The van der Waals surface area contributed by atoms with Gasteiger partial charge in [-0.1, -0.05) is 303 Å². The summed E-state index contributed by atoms with van der Waals surface area (Å²) in [5, 5.41) is 0. The molecule has 6 nitrogen and oxygen atoms in total. The second-order valence-electron chi connectivity index (χ2n) is 21.3. The highest BCUT2D eigenvalue weighted by Gasteiger charge is 2.19. The summed E-state index contributed by atoms with van der Waals surface area (Å²) < 4.78 is 16.9. The van der Waals surface area contributed by atoms with E-state index in [0.717, 1.165) is 57.8 Å². The van der Waals surface area contributed by atoms with Crippen LogP contribution in [0.4, 0.5) is 0 Å². The molecule has 0 bridgehead atoms. The second kappa shape index (κ2) is 58.7. The van der Waals surface area contributed by atoms with Gasteiger partial charge in [-0.3, -0.25) is 14.4 Å². The van der Waals surface area contributed by atoms with Gasteiger partial charge in [-0.15, -0.1) is 0 Å². The van der Waals surface area contributed by atoms with Crippen LogP contribution in [0.2, 0.25) is 0 Å². The number of allylic oxidation sites excluding steroid dienone is 2. The normalized spacial score (nSPS) is 12.0. The van der Waals surface area contributed by atoms with Crippen LogP contribution in [0.5, 0.6) is 0 Å². The van der Waals surface area contributed by atoms with Gasteiger partial charge >= 0.3 is 17.9 Å². The third-order valence-electron chi connectivity index (χ3n) is 14.3. The first-order chi connectivity index (χ1) is 34.0. The number of rotatable bonds is 58. The molecule has 0 saturated carbocycles. The molecule has 0 aromatic rings. The summed E-state index contributed by atoms with van der Waals surface area (Å²) in [4.78, 5) is 38.2. The summed E-state index contributed by atoms with van der Waals surface area (Å²) in [6.07, 6.45) is 67.8. The van der Waals surface area contributed by atoms with Crippen LogP contribution >= 0.6 is 0 Å². The number of unbranched alkanes of at least 4 members (excludes halogenated alkanes) is 45. The van der Waals surface area contributed by atoms with Gasteiger partial charge in [-0.05, 0) is 44.9 Å². The molecule has 408 valence electrons. The first-order valence-corrected chi connectivity index (χ1v) is 31.2. The van der Waals surface area contributed by atoms with Crippen molar-refractivity contribution in [2.24, 2.45) is 0 Å². The van der Waals surface area contributed by atoms with E-state index in [9.17, 15) is 14.4 Å². The lowest BCUT2D eigenvalue weighted by atomic mass is 10.0. The molecule has 0 spiro atoms. The molecular weight excluding hydrogens is 853 g/mol. The first kappa shape index (κ1) is 67.1. The standard InChI is InChI=1S/C63H120O6/c1-4-7-10-13-16-19-22-25-27-29-31-33-35-38-41-44-47-50-53-56-62(65)68-59-60(58-67-61(64)55-52-49-46-43-40-37-24-21-18-15-12-9-6-3)69-63(66)57-54-51-48-45-42-39-36-34-32-30-28-26-23-20-17-14-11-8-5-2/h25,27,60H,4-24,26,28-59H2,1-3H3/b27-25-. The number of esters is 3. The van der Waals surface area contributed by atoms with Crippen molar-refractivity contribution >= 4 is 17.9 Å². The zero-order valence-electron chi connectivity index (χ0n) is 46.9. The van der Waals surface area contributed by atoms with Crippen molar-refractivity contribution in [2.75, 3.05) is 13.2 Å². The molecule has 6 heteroatoms. The van der Waals surface area contributed by atoms with Crippen LogP contribution in [0.25, 0.3) is 0 Å². The van der Waals surface area contributed by atoms with E-state index in [1.54, 1.807) is 0 Å². The maximum absolute atomic E-state index is 12.9. The molecule has 1 atom stereocenters. The topological polar surface area (TPSA) is 78.9 Å². The molecule has 0 aliphatic carbocycles. The van der Waals surface area contributed by atoms with Gasteiger partial charge in [0.05, 0.1) is 0 Å². The summed E-state index contributed by atoms with van der Waals surface area (Å²) in [5.41, 5.74) is 0. The van der Waals surface area contributed by atoms with E-state index in [2.05, 4.69) is 32.9 Å². The van der Waals surface area contributed by atoms with Gasteiger partial charge in [0.15, 0.2) is 6.10 Å². The van der Waals surface area contributed by atoms with Gasteiger partial charge in [0.2, 0.25) is 0 Å². The van der Waals surface area contributed by atoms with Gasteiger partial charge in [-0.25, -0.2) is 0 Å². The Kier molecular flexibility index (Phi) is 57.1. The Morgan fingerprint density at radius 3 is 0.725 bits per heavy atom. The van der Waals surface area contributed by atoms with E-state index in [0.29, 0.717) is 19.3 Å². The van der Waals surface area contributed by atoms with Gasteiger partial charge < -0.3 is 14.2 Å². The van der Waals surface area contributed by atoms with Crippen LogP contribution in [-0.2, 0) is 28.6 Å². The Hall–Kier alpha value is -1.85. The van der Waals surface area contributed by atoms with Crippen molar-refractivity contribution in [1.82, 2.24) is 0 Å². The highest BCUT2D eigenvalue weighted by molar-refractivity contribution is 5.71. The van der Waals surface area contributed by atoms with Crippen molar-refractivity contribution < 1.29 is 28.6 Å². The molecule has 0 aliphatic heterocycles. The molecule has 1 unspecified atom stereocenters. The molecular formula is C63H120O6. The van der Waals surface area contributed by atoms with Crippen molar-refractivity contribution in [1.29, 1.82) is 0 Å². The van der Waals surface area contributed by atoms with E-state index in [4.69, 9.17) is 14.2 Å². The van der Waals surface area contributed by atoms with E-state index in [1.807, 2.05) is 0 Å². The molecule has 0 aromatic carbocycles. The minimum atomic E-state index is -0.765. The number of carbonyl (C=O) groups excluding carboxylic acids is 3.